The minimum absolute atomic E-state index is 0.0123. The minimum Gasteiger partial charge on any atom is -0.350 e. The third-order valence-electron chi connectivity index (χ3n) is 4.21. The van der Waals surface area contributed by atoms with Gasteiger partial charge in [-0.3, -0.25) is 14.3 Å². The van der Waals surface area contributed by atoms with Gasteiger partial charge in [0.15, 0.2) is 5.69 Å². The number of aryl methyl sites for hydroxylation is 1. The number of anilines is 1. The zero-order valence-corrected chi connectivity index (χ0v) is 14.4. The Balaban J connectivity index is 2.08. The summed E-state index contributed by atoms with van der Waals surface area (Å²) in [5, 5.41) is 10.1. The normalized spacial score (nSPS) is 15.7. The molecule has 128 valence electrons. The summed E-state index contributed by atoms with van der Waals surface area (Å²) < 4.78 is 1.68. The molecule has 1 heterocycles. The highest BCUT2D eigenvalue weighted by atomic mass is 16.2. The fourth-order valence-corrected chi connectivity index (χ4v) is 2.82. The quantitative estimate of drug-likeness (QED) is 0.846. The van der Waals surface area contributed by atoms with Crippen LogP contribution in [0.4, 0.5) is 5.69 Å². The lowest BCUT2D eigenvalue weighted by atomic mass is 9.88. The Bertz CT molecular complexity index is 545. The second kappa shape index (κ2) is 8.13. The third kappa shape index (κ3) is 4.81. The average molecular weight is 320 g/mol. The largest absolute Gasteiger partial charge is 0.350 e. The van der Waals surface area contributed by atoms with E-state index in [0.29, 0.717) is 30.4 Å². The van der Waals surface area contributed by atoms with Crippen molar-refractivity contribution in [3.8, 4) is 0 Å². The average Bonchev–Trinajstić information content (AvgIpc) is 2.96. The van der Waals surface area contributed by atoms with E-state index in [1.165, 1.54) is 6.42 Å². The molecule has 1 fully saturated rings. The highest BCUT2D eigenvalue weighted by Gasteiger charge is 2.24. The minimum atomic E-state index is -0.232. The molecule has 1 aliphatic rings. The molecule has 0 atom stereocenters. The lowest BCUT2D eigenvalue weighted by Gasteiger charge is -2.20. The van der Waals surface area contributed by atoms with Crippen molar-refractivity contribution in [2.45, 2.75) is 59.4 Å². The number of aromatic nitrogens is 2. The Hall–Kier alpha value is -1.85. The molecule has 1 aromatic heterocycles. The van der Waals surface area contributed by atoms with Gasteiger partial charge in [-0.2, -0.15) is 5.10 Å². The van der Waals surface area contributed by atoms with Crippen molar-refractivity contribution in [1.29, 1.82) is 0 Å². The zero-order chi connectivity index (χ0) is 16.8. The molecule has 0 bridgehead atoms. The first-order chi connectivity index (χ1) is 11.0. The van der Waals surface area contributed by atoms with Crippen molar-refractivity contribution in [2.75, 3.05) is 11.9 Å². The van der Waals surface area contributed by atoms with Crippen molar-refractivity contribution in [3.05, 3.63) is 11.9 Å². The standard InChI is InChI=1S/C17H28N4O2/c1-4-21-11-14(15(20-21)17(23)18-10-12(2)3)19-16(22)13-8-6-5-7-9-13/h11-13H,4-10H2,1-3H3,(H,18,23)(H,19,22). The van der Waals surface area contributed by atoms with Crippen LogP contribution >= 0.6 is 0 Å². The maximum Gasteiger partial charge on any atom is 0.273 e. The van der Waals surface area contributed by atoms with Gasteiger partial charge in [0.1, 0.15) is 0 Å². The number of rotatable bonds is 6. The van der Waals surface area contributed by atoms with Crippen molar-refractivity contribution in [3.63, 3.8) is 0 Å². The van der Waals surface area contributed by atoms with Gasteiger partial charge in [-0.1, -0.05) is 33.1 Å². The van der Waals surface area contributed by atoms with Crippen molar-refractivity contribution >= 4 is 17.5 Å². The molecule has 1 aromatic rings. The van der Waals surface area contributed by atoms with Gasteiger partial charge < -0.3 is 10.6 Å². The van der Waals surface area contributed by atoms with Crippen LogP contribution in [0.25, 0.3) is 0 Å². The summed E-state index contributed by atoms with van der Waals surface area (Å²) in [6.45, 7) is 7.28. The summed E-state index contributed by atoms with van der Waals surface area (Å²) >= 11 is 0. The molecule has 23 heavy (non-hydrogen) atoms. The maximum atomic E-state index is 12.4. The van der Waals surface area contributed by atoms with E-state index < -0.39 is 0 Å². The van der Waals surface area contributed by atoms with Crippen LogP contribution in [-0.2, 0) is 11.3 Å². The van der Waals surface area contributed by atoms with Gasteiger partial charge >= 0.3 is 0 Å². The van der Waals surface area contributed by atoms with Crippen molar-refractivity contribution in [2.24, 2.45) is 11.8 Å². The van der Waals surface area contributed by atoms with Crippen LogP contribution < -0.4 is 10.6 Å². The van der Waals surface area contributed by atoms with Gasteiger partial charge in [-0.05, 0) is 25.7 Å². The van der Waals surface area contributed by atoms with Crippen LogP contribution in [0.2, 0.25) is 0 Å². The first-order valence-corrected chi connectivity index (χ1v) is 8.67. The molecule has 2 N–H and O–H groups in total. The Labute approximate surface area is 138 Å². The summed E-state index contributed by atoms with van der Waals surface area (Å²) in [4.78, 5) is 24.7. The van der Waals surface area contributed by atoms with E-state index in [1.807, 2.05) is 20.8 Å². The lowest BCUT2D eigenvalue weighted by Crippen LogP contribution is -2.30. The number of carbonyl (C=O) groups is 2. The van der Waals surface area contributed by atoms with Gasteiger partial charge in [0.25, 0.3) is 5.91 Å². The highest BCUT2D eigenvalue weighted by molar-refractivity contribution is 6.02. The van der Waals surface area contributed by atoms with Gasteiger partial charge in [0.2, 0.25) is 5.91 Å². The molecular weight excluding hydrogens is 292 g/mol. The van der Waals surface area contributed by atoms with Gasteiger partial charge in [0, 0.05) is 25.2 Å². The SMILES string of the molecule is CCn1cc(NC(=O)C2CCCCC2)c(C(=O)NCC(C)C)n1. The van der Waals surface area contributed by atoms with Crippen molar-refractivity contribution in [1.82, 2.24) is 15.1 Å². The van der Waals surface area contributed by atoms with Crippen LogP contribution in [0.5, 0.6) is 0 Å². The monoisotopic (exact) mass is 320 g/mol. The number of hydrogen-bond acceptors (Lipinski definition) is 3. The molecule has 6 heteroatoms. The Morgan fingerprint density at radius 3 is 2.61 bits per heavy atom. The molecule has 0 aliphatic heterocycles. The van der Waals surface area contributed by atoms with E-state index in [1.54, 1.807) is 10.9 Å². The van der Waals surface area contributed by atoms with E-state index in [9.17, 15) is 9.59 Å². The summed E-state index contributed by atoms with van der Waals surface area (Å²) in [6.07, 6.45) is 7.03. The lowest BCUT2D eigenvalue weighted by molar-refractivity contribution is -0.120. The molecule has 0 radical (unpaired) electrons. The van der Waals surface area contributed by atoms with Crippen LogP contribution in [0.15, 0.2) is 6.20 Å². The van der Waals surface area contributed by atoms with Crippen LogP contribution in [0, 0.1) is 11.8 Å². The number of hydrogen-bond donors (Lipinski definition) is 2. The molecule has 2 amide bonds. The molecule has 1 saturated carbocycles. The molecule has 1 aliphatic carbocycles. The van der Waals surface area contributed by atoms with E-state index in [-0.39, 0.29) is 17.7 Å². The zero-order valence-electron chi connectivity index (χ0n) is 14.4. The Morgan fingerprint density at radius 1 is 1.30 bits per heavy atom. The third-order valence-corrected chi connectivity index (χ3v) is 4.21. The van der Waals surface area contributed by atoms with Crippen LogP contribution in [0.1, 0.15) is 63.4 Å². The second-order valence-corrected chi connectivity index (χ2v) is 6.68. The van der Waals surface area contributed by atoms with E-state index >= 15 is 0 Å². The van der Waals surface area contributed by atoms with Crippen LogP contribution in [-0.4, -0.2) is 28.1 Å². The fourth-order valence-electron chi connectivity index (χ4n) is 2.82. The van der Waals surface area contributed by atoms with Gasteiger partial charge in [-0.25, -0.2) is 0 Å². The summed E-state index contributed by atoms with van der Waals surface area (Å²) in [5.74, 6) is 0.205. The smallest absolute Gasteiger partial charge is 0.273 e. The van der Waals surface area contributed by atoms with E-state index in [4.69, 9.17) is 0 Å². The first-order valence-electron chi connectivity index (χ1n) is 8.67. The summed E-state index contributed by atoms with van der Waals surface area (Å²) in [5.41, 5.74) is 0.820. The first kappa shape index (κ1) is 17.5. The van der Waals surface area contributed by atoms with Gasteiger partial charge in [0.05, 0.1) is 5.69 Å². The number of nitrogens with zero attached hydrogens (tertiary/aromatic N) is 2. The summed E-state index contributed by atoms with van der Waals surface area (Å²) in [7, 11) is 0. The van der Waals surface area contributed by atoms with E-state index in [0.717, 1.165) is 25.7 Å². The highest BCUT2D eigenvalue weighted by Crippen LogP contribution is 2.25. The molecule has 0 saturated heterocycles. The second-order valence-electron chi connectivity index (χ2n) is 6.68. The Kier molecular flexibility index (Phi) is 6.19. The molecule has 0 aromatic carbocycles. The van der Waals surface area contributed by atoms with E-state index in [2.05, 4.69) is 15.7 Å². The maximum absolute atomic E-state index is 12.4. The van der Waals surface area contributed by atoms with Gasteiger partial charge in [-0.15, -0.1) is 0 Å². The van der Waals surface area contributed by atoms with Crippen molar-refractivity contribution < 1.29 is 9.59 Å². The number of nitrogens with one attached hydrogen (secondary N) is 2. The molecule has 0 spiro atoms. The summed E-state index contributed by atoms with van der Waals surface area (Å²) in [6, 6.07) is 0. The molecule has 0 unspecified atom stereocenters. The number of carbonyl (C=O) groups excluding carboxylic acids is 2. The predicted molar refractivity (Wildman–Crippen MR) is 90.3 cm³/mol. The molecule has 2 rings (SSSR count). The Morgan fingerprint density at radius 2 is 2.00 bits per heavy atom. The number of amides is 2. The fraction of sp³-hybridized carbons (Fsp3) is 0.706. The van der Waals surface area contributed by atoms with Crippen LogP contribution in [0.3, 0.4) is 0 Å². The molecule has 6 nitrogen and oxygen atoms in total. The predicted octanol–water partition coefficient (Wildman–Crippen LogP) is 2.81. The topological polar surface area (TPSA) is 76.0 Å². The molecular formula is C17H28N4O2.